The summed E-state index contributed by atoms with van der Waals surface area (Å²) < 4.78 is 2.55. The molecule has 0 radical (unpaired) electrons. The number of hydrogen-bond acceptors (Lipinski definition) is 3. The number of aromatic nitrogens is 2. The molecule has 0 amide bonds. The highest BCUT2D eigenvalue weighted by Crippen LogP contribution is 2.43. The van der Waals surface area contributed by atoms with Crippen LogP contribution >= 0.6 is 11.3 Å². The van der Waals surface area contributed by atoms with E-state index >= 15 is 0 Å². The van der Waals surface area contributed by atoms with Crippen LogP contribution in [-0.2, 0) is 0 Å². The zero-order valence-corrected chi connectivity index (χ0v) is 24.0. The molecule has 2 nitrogen and oxygen atoms in total. The SMILES string of the molecule is c1ccc(-c2nc(-c3c4ccccc4cc4c3ccc3ccccc34)cc(-c3cccc4sc5ccccc5c34)n2)cc1. The van der Waals surface area contributed by atoms with Crippen molar-refractivity contribution in [2.75, 3.05) is 0 Å². The normalized spacial score (nSPS) is 11.7. The van der Waals surface area contributed by atoms with Gasteiger partial charge in [0, 0.05) is 36.9 Å². The van der Waals surface area contributed by atoms with Crippen molar-refractivity contribution in [2.24, 2.45) is 0 Å². The molecule has 9 rings (SSSR count). The van der Waals surface area contributed by atoms with E-state index < -0.39 is 0 Å². The predicted octanol–water partition coefficient (Wildman–Crippen LogP) is 11.3. The van der Waals surface area contributed by atoms with Gasteiger partial charge < -0.3 is 0 Å². The van der Waals surface area contributed by atoms with Crippen molar-refractivity contribution in [3.05, 3.63) is 146 Å². The van der Waals surface area contributed by atoms with Crippen molar-refractivity contribution < 1.29 is 0 Å². The Bertz CT molecular complexity index is 2510. The Kier molecular flexibility index (Phi) is 5.40. The molecule has 0 atom stereocenters. The van der Waals surface area contributed by atoms with Crippen molar-refractivity contribution in [3.63, 3.8) is 0 Å². The van der Waals surface area contributed by atoms with Gasteiger partial charge in [0.05, 0.1) is 11.4 Å². The lowest BCUT2D eigenvalue weighted by Gasteiger charge is -2.15. The third kappa shape index (κ3) is 3.86. The highest BCUT2D eigenvalue weighted by atomic mass is 32.1. The summed E-state index contributed by atoms with van der Waals surface area (Å²) in [4.78, 5) is 10.5. The molecule has 0 aliphatic carbocycles. The fourth-order valence-corrected chi connectivity index (χ4v) is 7.65. The number of hydrogen-bond donors (Lipinski definition) is 0. The van der Waals surface area contributed by atoms with Crippen molar-refractivity contribution in [1.82, 2.24) is 9.97 Å². The van der Waals surface area contributed by atoms with Gasteiger partial charge in [0.1, 0.15) is 0 Å². The molecule has 0 aliphatic rings. The minimum Gasteiger partial charge on any atom is -0.228 e. The Morgan fingerprint density at radius 2 is 1.12 bits per heavy atom. The van der Waals surface area contributed by atoms with Crippen molar-refractivity contribution >= 4 is 63.8 Å². The van der Waals surface area contributed by atoms with Crippen LogP contribution in [0.1, 0.15) is 0 Å². The molecule has 0 saturated heterocycles. The van der Waals surface area contributed by atoms with E-state index in [-0.39, 0.29) is 0 Å². The summed E-state index contributed by atoms with van der Waals surface area (Å²) in [5.74, 6) is 0.728. The predicted molar refractivity (Wildman–Crippen MR) is 184 cm³/mol. The molecule has 2 aromatic heterocycles. The second-order valence-electron chi connectivity index (χ2n) is 11.0. The molecule has 0 spiro atoms. The Morgan fingerprint density at radius 3 is 2.00 bits per heavy atom. The maximum Gasteiger partial charge on any atom is 0.160 e. The summed E-state index contributed by atoms with van der Waals surface area (Å²) >= 11 is 1.83. The lowest BCUT2D eigenvalue weighted by molar-refractivity contribution is 1.19. The van der Waals surface area contributed by atoms with Crippen LogP contribution in [0.15, 0.2) is 146 Å². The summed E-state index contributed by atoms with van der Waals surface area (Å²) in [7, 11) is 0. The van der Waals surface area contributed by atoms with Gasteiger partial charge in [-0.15, -0.1) is 11.3 Å². The minimum absolute atomic E-state index is 0.728. The van der Waals surface area contributed by atoms with Crippen LogP contribution in [0.5, 0.6) is 0 Å². The molecule has 3 heteroatoms. The monoisotopic (exact) mass is 564 g/mol. The van der Waals surface area contributed by atoms with Crippen LogP contribution in [0.25, 0.3) is 86.4 Å². The lowest BCUT2D eigenvalue weighted by Crippen LogP contribution is -1.97. The number of benzene rings is 7. The first kappa shape index (κ1) is 24.2. The van der Waals surface area contributed by atoms with Crippen molar-refractivity contribution in [2.45, 2.75) is 0 Å². The Hall–Kier alpha value is -5.38. The number of fused-ring (bicyclic) bond motifs is 7. The molecule has 0 unspecified atom stereocenters. The largest absolute Gasteiger partial charge is 0.228 e. The molecule has 9 aromatic rings. The second-order valence-corrected chi connectivity index (χ2v) is 12.0. The molecule has 200 valence electrons. The van der Waals surface area contributed by atoms with Crippen LogP contribution < -0.4 is 0 Å². The van der Waals surface area contributed by atoms with Gasteiger partial charge in [-0.2, -0.15) is 0 Å². The maximum atomic E-state index is 5.30. The molecule has 0 N–H and O–H groups in total. The van der Waals surface area contributed by atoms with Crippen LogP contribution in [0.2, 0.25) is 0 Å². The van der Waals surface area contributed by atoms with E-state index in [2.05, 4.69) is 140 Å². The van der Waals surface area contributed by atoms with Crippen molar-refractivity contribution in [1.29, 1.82) is 0 Å². The molecule has 0 saturated carbocycles. The summed E-state index contributed by atoms with van der Waals surface area (Å²) in [6.45, 7) is 0. The number of thiophene rings is 1. The molecule has 43 heavy (non-hydrogen) atoms. The highest BCUT2D eigenvalue weighted by Gasteiger charge is 2.18. The molecular formula is C40H24N2S. The molecule has 2 heterocycles. The molecule has 0 aliphatic heterocycles. The zero-order valence-electron chi connectivity index (χ0n) is 23.2. The van der Waals surface area contributed by atoms with Gasteiger partial charge >= 0.3 is 0 Å². The van der Waals surface area contributed by atoms with Gasteiger partial charge in [-0.05, 0) is 56.6 Å². The summed E-state index contributed by atoms with van der Waals surface area (Å²) in [5, 5.41) is 9.82. The van der Waals surface area contributed by atoms with Crippen LogP contribution in [0, 0.1) is 0 Å². The lowest BCUT2D eigenvalue weighted by atomic mass is 9.91. The van der Waals surface area contributed by atoms with Gasteiger partial charge in [-0.25, -0.2) is 9.97 Å². The first-order chi connectivity index (χ1) is 21.3. The summed E-state index contributed by atoms with van der Waals surface area (Å²) in [6, 6.07) is 51.9. The van der Waals surface area contributed by atoms with Gasteiger partial charge in [0.2, 0.25) is 0 Å². The van der Waals surface area contributed by atoms with E-state index in [1.807, 2.05) is 17.4 Å². The second kappa shape index (κ2) is 9.59. The maximum absolute atomic E-state index is 5.30. The Balaban J connectivity index is 1.42. The van der Waals surface area contributed by atoms with Crippen LogP contribution in [0.3, 0.4) is 0 Å². The fraction of sp³-hybridized carbons (Fsp3) is 0. The average molecular weight is 565 g/mol. The van der Waals surface area contributed by atoms with E-state index in [0.29, 0.717) is 0 Å². The van der Waals surface area contributed by atoms with E-state index in [0.717, 1.165) is 33.9 Å². The molecule has 7 aromatic carbocycles. The first-order valence-corrected chi connectivity index (χ1v) is 15.3. The number of rotatable bonds is 3. The van der Waals surface area contributed by atoms with Gasteiger partial charge in [0.15, 0.2) is 5.82 Å². The summed E-state index contributed by atoms with van der Waals surface area (Å²) in [5.41, 5.74) is 5.13. The fourth-order valence-electron chi connectivity index (χ4n) is 6.51. The summed E-state index contributed by atoms with van der Waals surface area (Å²) in [6.07, 6.45) is 0. The minimum atomic E-state index is 0.728. The van der Waals surface area contributed by atoms with Gasteiger partial charge in [-0.1, -0.05) is 121 Å². The highest BCUT2D eigenvalue weighted by molar-refractivity contribution is 7.25. The van der Waals surface area contributed by atoms with E-state index in [4.69, 9.17) is 9.97 Å². The third-order valence-corrected chi connectivity index (χ3v) is 9.60. The Labute approximate surface area is 252 Å². The smallest absolute Gasteiger partial charge is 0.160 e. The van der Waals surface area contributed by atoms with E-state index in [9.17, 15) is 0 Å². The third-order valence-electron chi connectivity index (χ3n) is 8.46. The Morgan fingerprint density at radius 1 is 0.419 bits per heavy atom. The topological polar surface area (TPSA) is 25.8 Å². The number of nitrogens with zero attached hydrogens (tertiary/aromatic N) is 2. The van der Waals surface area contributed by atoms with E-state index in [1.165, 1.54) is 52.5 Å². The van der Waals surface area contributed by atoms with Gasteiger partial charge in [0.25, 0.3) is 0 Å². The van der Waals surface area contributed by atoms with E-state index in [1.54, 1.807) is 0 Å². The van der Waals surface area contributed by atoms with Gasteiger partial charge in [-0.3, -0.25) is 0 Å². The first-order valence-electron chi connectivity index (χ1n) is 14.5. The molecule has 0 bridgehead atoms. The standard InChI is InChI=1S/C40H24N2S/c1-2-12-26(13-3-1)40-41-34(31-18-10-20-37-39(31)32-17-8-9-19-36(32)43-37)24-35(42-40)38-29-16-7-5-14-27(29)23-33-28-15-6-4-11-25(28)21-22-30(33)38/h1-24H. The average Bonchev–Trinajstić information content (AvgIpc) is 3.46. The van der Waals surface area contributed by atoms with Crippen LogP contribution in [-0.4, -0.2) is 9.97 Å². The van der Waals surface area contributed by atoms with Crippen molar-refractivity contribution in [3.8, 4) is 33.9 Å². The quantitative estimate of drug-likeness (QED) is 0.158. The molecular weight excluding hydrogens is 541 g/mol. The molecule has 0 fully saturated rings. The zero-order chi connectivity index (χ0) is 28.3. The van der Waals surface area contributed by atoms with Crippen LogP contribution in [0.4, 0.5) is 0 Å².